The van der Waals surface area contributed by atoms with Gasteiger partial charge in [0.05, 0.1) is 0 Å². The fraction of sp³-hybridized carbons (Fsp3) is 0.333. The number of hydrogen-bond acceptors (Lipinski definition) is 2. The molecular formula is C9H11ClOS. The highest BCUT2D eigenvalue weighted by Gasteiger charge is 1.93. The summed E-state index contributed by atoms with van der Waals surface area (Å²) in [5.41, 5.74) is 0. The van der Waals surface area contributed by atoms with Crippen molar-refractivity contribution in [2.75, 3.05) is 11.6 Å². The standard InChI is InChI=1S/C9H11ClOS/c10-6-1-7-12-9-4-2-8(11)3-5-9/h2-5,11H,1,6-7H2. The van der Waals surface area contributed by atoms with Gasteiger partial charge in [-0.25, -0.2) is 0 Å². The van der Waals surface area contributed by atoms with Gasteiger partial charge in [0.15, 0.2) is 0 Å². The maximum absolute atomic E-state index is 9.00. The van der Waals surface area contributed by atoms with Crippen LogP contribution in [0.4, 0.5) is 0 Å². The molecule has 0 radical (unpaired) electrons. The van der Waals surface area contributed by atoms with Gasteiger partial charge in [0.25, 0.3) is 0 Å². The fourth-order valence-electron chi connectivity index (χ4n) is 0.787. The summed E-state index contributed by atoms with van der Waals surface area (Å²) in [6, 6.07) is 7.22. The van der Waals surface area contributed by atoms with Crippen molar-refractivity contribution in [3.8, 4) is 5.75 Å². The van der Waals surface area contributed by atoms with Crippen LogP contribution >= 0.6 is 23.4 Å². The Balaban J connectivity index is 2.37. The largest absolute Gasteiger partial charge is 0.508 e. The Morgan fingerprint density at radius 3 is 2.50 bits per heavy atom. The number of phenols is 1. The van der Waals surface area contributed by atoms with Crippen LogP contribution < -0.4 is 0 Å². The Labute approximate surface area is 81.7 Å². The van der Waals surface area contributed by atoms with Crippen molar-refractivity contribution in [2.24, 2.45) is 0 Å². The summed E-state index contributed by atoms with van der Waals surface area (Å²) in [6.07, 6.45) is 1.02. The van der Waals surface area contributed by atoms with Crippen molar-refractivity contribution in [1.29, 1.82) is 0 Å². The van der Waals surface area contributed by atoms with Crippen molar-refractivity contribution < 1.29 is 5.11 Å². The quantitative estimate of drug-likeness (QED) is 0.460. The average molecular weight is 203 g/mol. The molecule has 0 spiro atoms. The Kier molecular flexibility index (Phi) is 4.33. The van der Waals surface area contributed by atoms with Gasteiger partial charge in [-0.3, -0.25) is 0 Å². The monoisotopic (exact) mass is 202 g/mol. The number of aromatic hydroxyl groups is 1. The van der Waals surface area contributed by atoms with Crippen LogP contribution in [-0.2, 0) is 0 Å². The van der Waals surface area contributed by atoms with Crippen LogP contribution in [-0.4, -0.2) is 16.7 Å². The van der Waals surface area contributed by atoms with Crippen LogP contribution in [0.3, 0.4) is 0 Å². The molecule has 0 bridgehead atoms. The Morgan fingerprint density at radius 2 is 1.92 bits per heavy atom. The highest BCUT2D eigenvalue weighted by molar-refractivity contribution is 7.99. The topological polar surface area (TPSA) is 20.2 Å². The van der Waals surface area contributed by atoms with Gasteiger partial charge < -0.3 is 5.11 Å². The summed E-state index contributed by atoms with van der Waals surface area (Å²) in [6.45, 7) is 0. The van der Waals surface area contributed by atoms with Gasteiger partial charge in [-0.05, 0) is 36.4 Å². The zero-order chi connectivity index (χ0) is 8.81. The predicted molar refractivity (Wildman–Crippen MR) is 54.2 cm³/mol. The van der Waals surface area contributed by atoms with E-state index in [1.807, 2.05) is 12.1 Å². The van der Waals surface area contributed by atoms with E-state index in [1.54, 1.807) is 23.9 Å². The van der Waals surface area contributed by atoms with Gasteiger partial charge in [-0.2, -0.15) is 0 Å². The van der Waals surface area contributed by atoms with E-state index in [0.29, 0.717) is 11.6 Å². The van der Waals surface area contributed by atoms with Crippen LogP contribution in [0, 0.1) is 0 Å². The van der Waals surface area contributed by atoms with E-state index in [2.05, 4.69) is 0 Å². The summed E-state index contributed by atoms with van der Waals surface area (Å²) >= 11 is 7.30. The van der Waals surface area contributed by atoms with Crippen LogP contribution in [0.25, 0.3) is 0 Å². The average Bonchev–Trinajstić information content (AvgIpc) is 2.09. The minimum absolute atomic E-state index is 0.316. The maximum atomic E-state index is 9.00. The number of rotatable bonds is 4. The summed E-state index contributed by atoms with van der Waals surface area (Å²) < 4.78 is 0. The molecule has 0 atom stereocenters. The number of phenolic OH excluding ortho intramolecular Hbond substituents is 1. The SMILES string of the molecule is Oc1ccc(SCCCCl)cc1. The first-order valence-electron chi connectivity index (χ1n) is 3.81. The molecule has 1 aromatic carbocycles. The van der Waals surface area contributed by atoms with Crippen molar-refractivity contribution in [3.05, 3.63) is 24.3 Å². The van der Waals surface area contributed by atoms with Crippen molar-refractivity contribution in [1.82, 2.24) is 0 Å². The molecule has 66 valence electrons. The molecule has 1 N–H and O–H groups in total. The highest BCUT2D eigenvalue weighted by Crippen LogP contribution is 2.21. The lowest BCUT2D eigenvalue weighted by atomic mass is 10.3. The predicted octanol–water partition coefficient (Wildman–Crippen LogP) is 3.11. The fourth-order valence-corrected chi connectivity index (χ4v) is 1.93. The molecule has 1 rings (SSSR count). The zero-order valence-corrected chi connectivity index (χ0v) is 8.24. The van der Waals surface area contributed by atoms with E-state index in [0.717, 1.165) is 12.2 Å². The first-order chi connectivity index (χ1) is 5.83. The highest BCUT2D eigenvalue weighted by atomic mass is 35.5. The molecule has 1 nitrogen and oxygen atoms in total. The second-order valence-electron chi connectivity index (χ2n) is 2.38. The van der Waals surface area contributed by atoms with E-state index >= 15 is 0 Å². The molecule has 0 aliphatic heterocycles. The molecule has 0 aliphatic rings. The van der Waals surface area contributed by atoms with Crippen molar-refractivity contribution in [3.63, 3.8) is 0 Å². The lowest BCUT2D eigenvalue weighted by molar-refractivity contribution is 0.475. The minimum atomic E-state index is 0.316. The summed E-state index contributed by atoms with van der Waals surface area (Å²) in [4.78, 5) is 1.18. The first kappa shape index (κ1) is 9.75. The molecule has 0 aliphatic carbocycles. The molecule has 0 heterocycles. The van der Waals surface area contributed by atoms with Gasteiger partial charge >= 0.3 is 0 Å². The van der Waals surface area contributed by atoms with Gasteiger partial charge in [0.1, 0.15) is 5.75 Å². The van der Waals surface area contributed by atoms with Crippen molar-refractivity contribution in [2.45, 2.75) is 11.3 Å². The molecule has 3 heteroatoms. The summed E-state index contributed by atoms with van der Waals surface area (Å²) in [7, 11) is 0. The molecule has 0 aromatic heterocycles. The molecule has 1 aromatic rings. The normalized spacial score (nSPS) is 10.1. The van der Waals surface area contributed by atoms with E-state index in [9.17, 15) is 0 Å². The second-order valence-corrected chi connectivity index (χ2v) is 3.93. The Bertz CT molecular complexity index is 222. The third-order valence-electron chi connectivity index (χ3n) is 1.38. The van der Waals surface area contributed by atoms with Gasteiger partial charge in [-0.1, -0.05) is 0 Å². The van der Waals surface area contributed by atoms with E-state index in [-0.39, 0.29) is 0 Å². The molecule has 0 saturated carbocycles. The Morgan fingerprint density at radius 1 is 1.25 bits per heavy atom. The molecule has 0 saturated heterocycles. The van der Waals surface area contributed by atoms with Crippen molar-refractivity contribution >= 4 is 23.4 Å². The maximum Gasteiger partial charge on any atom is 0.115 e. The zero-order valence-electron chi connectivity index (χ0n) is 6.66. The van der Waals surface area contributed by atoms with Gasteiger partial charge in [0.2, 0.25) is 0 Å². The third kappa shape index (κ3) is 3.37. The summed E-state index contributed by atoms with van der Waals surface area (Å²) in [5.74, 6) is 2.07. The van der Waals surface area contributed by atoms with Crippen LogP contribution in [0.2, 0.25) is 0 Å². The van der Waals surface area contributed by atoms with E-state index < -0.39 is 0 Å². The molecule has 0 fully saturated rings. The summed E-state index contributed by atoms with van der Waals surface area (Å²) in [5, 5.41) is 9.00. The molecule has 0 amide bonds. The van der Waals surface area contributed by atoms with Crippen LogP contribution in [0.15, 0.2) is 29.2 Å². The lowest BCUT2D eigenvalue weighted by Crippen LogP contribution is -1.80. The third-order valence-corrected chi connectivity index (χ3v) is 2.75. The van der Waals surface area contributed by atoms with E-state index in [4.69, 9.17) is 16.7 Å². The van der Waals surface area contributed by atoms with Crippen LogP contribution in [0.1, 0.15) is 6.42 Å². The van der Waals surface area contributed by atoms with Gasteiger partial charge in [0, 0.05) is 10.8 Å². The number of thioether (sulfide) groups is 1. The molecule has 0 unspecified atom stereocenters. The Hall–Kier alpha value is -0.340. The molecule has 12 heavy (non-hydrogen) atoms. The second kappa shape index (κ2) is 5.33. The van der Waals surface area contributed by atoms with E-state index in [1.165, 1.54) is 4.90 Å². The number of hydrogen-bond donors (Lipinski definition) is 1. The van der Waals surface area contributed by atoms with Crippen LogP contribution in [0.5, 0.6) is 5.75 Å². The number of halogens is 1. The number of alkyl halides is 1. The van der Waals surface area contributed by atoms with Gasteiger partial charge in [-0.15, -0.1) is 23.4 Å². The first-order valence-corrected chi connectivity index (χ1v) is 5.33. The number of benzene rings is 1. The minimum Gasteiger partial charge on any atom is -0.508 e. The lowest BCUT2D eigenvalue weighted by Gasteiger charge is -1.99. The smallest absolute Gasteiger partial charge is 0.115 e. The molecular weight excluding hydrogens is 192 g/mol.